The molecule has 0 unspecified atom stereocenters. The molecule has 0 bridgehead atoms. The zero-order valence-electron chi connectivity index (χ0n) is 11.4. The van der Waals surface area contributed by atoms with E-state index in [1.165, 1.54) is 15.6 Å². The maximum Gasteiger partial charge on any atom is 0.252 e. The first-order valence-electron chi connectivity index (χ1n) is 6.18. The average molecular weight is 290 g/mol. The summed E-state index contributed by atoms with van der Waals surface area (Å²) >= 11 is 1.37. The average Bonchev–Trinajstić information content (AvgIpc) is 2.75. The molecule has 0 amide bonds. The molecule has 0 aromatic carbocycles. The molecular formula is C12H22N2O2S2. The fourth-order valence-corrected chi connectivity index (χ4v) is 4.94. The summed E-state index contributed by atoms with van der Waals surface area (Å²) in [6.45, 7) is 7.03. The highest BCUT2D eigenvalue weighted by Gasteiger charge is 2.26. The van der Waals surface area contributed by atoms with Crippen LogP contribution in [0.1, 0.15) is 25.6 Å². The highest BCUT2D eigenvalue weighted by molar-refractivity contribution is 7.91. The van der Waals surface area contributed by atoms with Crippen LogP contribution >= 0.6 is 11.3 Å². The largest absolute Gasteiger partial charge is 0.319 e. The topological polar surface area (TPSA) is 49.4 Å². The van der Waals surface area contributed by atoms with Crippen LogP contribution in [0.5, 0.6) is 0 Å². The molecule has 1 aromatic rings. The highest BCUT2D eigenvalue weighted by atomic mass is 32.2. The number of sulfonamides is 1. The van der Waals surface area contributed by atoms with E-state index in [2.05, 4.69) is 5.32 Å². The summed E-state index contributed by atoms with van der Waals surface area (Å²) in [6, 6.07) is 3.61. The first kappa shape index (κ1) is 15.6. The third-order valence-electron chi connectivity index (χ3n) is 2.71. The zero-order valence-corrected chi connectivity index (χ0v) is 13.1. The minimum Gasteiger partial charge on any atom is -0.319 e. The predicted octanol–water partition coefficient (Wildman–Crippen LogP) is 1.93. The summed E-state index contributed by atoms with van der Waals surface area (Å²) in [5.74, 6) is 0. The van der Waals surface area contributed by atoms with Gasteiger partial charge in [0.25, 0.3) is 10.0 Å². The van der Waals surface area contributed by atoms with Gasteiger partial charge in [-0.25, -0.2) is 8.42 Å². The van der Waals surface area contributed by atoms with Crippen molar-refractivity contribution < 1.29 is 8.42 Å². The van der Waals surface area contributed by atoms with Crippen LogP contribution in [0.25, 0.3) is 0 Å². The van der Waals surface area contributed by atoms with Gasteiger partial charge in [-0.1, -0.05) is 6.92 Å². The van der Waals surface area contributed by atoms with Crippen LogP contribution in [0, 0.1) is 0 Å². The van der Waals surface area contributed by atoms with Crippen molar-refractivity contribution >= 4 is 21.4 Å². The van der Waals surface area contributed by atoms with E-state index in [4.69, 9.17) is 0 Å². The quantitative estimate of drug-likeness (QED) is 0.835. The Labute approximate surface area is 114 Å². The Morgan fingerprint density at radius 2 is 2.06 bits per heavy atom. The fourth-order valence-electron chi connectivity index (χ4n) is 1.81. The van der Waals surface area contributed by atoms with E-state index < -0.39 is 10.0 Å². The molecule has 4 nitrogen and oxygen atoms in total. The lowest BCUT2D eigenvalue weighted by Crippen LogP contribution is -2.36. The minimum atomic E-state index is -3.32. The van der Waals surface area contributed by atoms with Gasteiger partial charge in [0.2, 0.25) is 0 Å². The highest BCUT2D eigenvalue weighted by Crippen LogP contribution is 2.26. The van der Waals surface area contributed by atoms with Crippen LogP contribution < -0.4 is 5.32 Å². The Balaban J connectivity index is 2.94. The number of thiophene rings is 1. The Morgan fingerprint density at radius 3 is 2.56 bits per heavy atom. The van der Waals surface area contributed by atoms with Gasteiger partial charge in [-0.05, 0) is 46.0 Å². The van der Waals surface area contributed by atoms with E-state index in [-0.39, 0.29) is 6.04 Å². The number of likely N-dealkylation sites (N-methyl/N-ethyl adjacent to an activating group) is 1. The molecule has 0 aliphatic heterocycles. The predicted molar refractivity (Wildman–Crippen MR) is 76.7 cm³/mol. The molecule has 1 aromatic heterocycles. The van der Waals surface area contributed by atoms with Crippen molar-refractivity contribution in [3.63, 3.8) is 0 Å². The molecule has 18 heavy (non-hydrogen) atoms. The van der Waals surface area contributed by atoms with Gasteiger partial charge < -0.3 is 5.32 Å². The second-order valence-electron chi connectivity index (χ2n) is 4.38. The van der Waals surface area contributed by atoms with Crippen molar-refractivity contribution in [1.82, 2.24) is 9.62 Å². The van der Waals surface area contributed by atoms with Crippen molar-refractivity contribution in [3.05, 3.63) is 17.0 Å². The van der Waals surface area contributed by atoms with E-state index in [1.807, 2.05) is 33.9 Å². The van der Waals surface area contributed by atoms with E-state index >= 15 is 0 Å². The van der Waals surface area contributed by atoms with Crippen molar-refractivity contribution in [2.75, 3.05) is 20.1 Å². The van der Waals surface area contributed by atoms with Crippen LogP contribution in [0.2, 0.25) is 0 Å². The lowest BCUT2D eigenvalue weighted by molar-refractivity contribution is 0.370. The smallest absolute Gasteiger partial charge is 0.252 e. The van der Waals surface area contributed by atoms with E-state index in [9.17, 15) is 8.42 Å². The summed E-state index contributed by atoms with van der Waals surface area (Å²) in [5, 5.41) is 3.06. The number of hydrogen-bond donors (Lipinski definition) is 1. The molecule has 0 radical (unpaired) electrons. The van der Waals surface area contributed by atoms with Crippen LogP contribution in [-0.2, 0) is 16.4 Å². The standard InChI is InChI=1S/C12H22N2O2S2/c1-5-14(10(2)3)18(15,16)12-7-6-11(17-12)8-9-13-4/h6-7,10,13H,5,8-9H2,1-4H3. The molecule has 0 saturated heterocycles. The van der Waals surface area contributed by atoms with Gasteiger partial charge in [0.15, 0.2) is 0 Å². The Hall–Kier alpha value is -0.430. The Morgan fingerprint density at radius 1 is 1.39 bits per heavy atom. The summed E-state index contributed by atoms with van der Waals surface area (Å²) < 4.78 is 26.8. The number of nitrogens with zero attached hydrogens (tertiary/aromatic N) is 1. The molecule has 0 aliphatic rings. The van der Waals surface area contributed by atoms with Crippen LogP contribution in [-0.4, -0.2) is 38.9 Å². The summed E-state index contributed by atoms with van der Waals surface area (Å²) in [5.41, 5.74) is 0. The van der Waals surface area contributed by atoms with E-state index in [1.54, 1.807) is 6.07 Å². The van der Waals surface area contributed by atoms with Crippen molar-refractivity contribution in [2.45, 2.75) is 37.4 Å². The zero-order chi connectivity index (χ0) is 13.8. The number of rotatable bonds is 7. The summed E-state index contributed by atoms with van der Waals surface area (Å²) in [4.78, 5) is 1.10. The second-order valence-corrected chi connectivity index (χ2v) is 7.66. The molecule has 0 saturated carbocycles. The van der Waals surface area contributed by atoms with E-state index in [0.717, 1.165) is 17.8 Å². The molecule has 6 heteroatoms. The second kappa shape index (κ2) is 6.65. The van der Waals surface area contributed by atoms with Gasteiger partial charge >= 0.3 is 0 Å². The fraction of sp³-hybridized carbons (Fsp3) is 0.667. The van der Waals surface area contributed by atoms with Gasteiger partial charge in [0.05, 0.1) is 0 Å². The molecule has 0 fully saturated rings. The molecule has 1 N–H and O–H groups in total. The molecule has 0 spiro atoms. The van der Waals surface area contributed by atoms with Gasteiger partial charge in [-0.2, -0.15) is 4.31 Å². The lowest BCUT2D eigenvalue weighted by atomic mass is 10.3. The first-order chi connectivity index (χ1) is 8.43. The normalized spacial score (nSPS) is 12.6. The van der Waals surface area contributed by atoms with Crippen molar-refractivity contribution in [2.24, 2.45) is 0 Å². The van der Waals surface area contributed by atoms with Crippen LogP contribution in [0.3, 0.4) is 0 Å². The minimum absolute atomic E-state index is 0.0112. The van der Waals surface area contributed by atoms with Crippen LogP contribution in [0.4, 0.5) is 0 Å². The summed E-state index contributed by atoms with van der Waals surface area (Å²) in [6.07, 6.45) is 0.866. The Kier molecular flexibility index (Phi) is 5.78. The molecule has 0 atom stereocenters. The van der Waals surface area contributed by atoms with Crippen molar-refractivity contribution in [1.29, 1.82) is 0 Å². The van der Waals surface area contributed by atoms with Gasteiger partial charge in [-0.3, -0.25) is 0 Å². The molecular weight excluding hydrogens is 268 g/mol. The lowest BCUT2D eigenvalue weighted by Gasteiger charge is -2.23. The monoisotopic (exact) mass is 290 g/mol. The van der Waals surface area contributed by atoms with Gasteiger partial charge in [-0.15, -0.1) is 11.3 Å². The van der Waals surface area contributed by atoms with Crippen molar-refractivity contribution in [3.8, 4) is 0 Å². The SMILES string of the molecule is CCN(C(C)C)S(=O)(=O)c1ccc(CCNC)s1. The maximum absolute atomic E-state index is 12.4. The maximum atomic E-state index is 12.4. The Bertz CT molecular complexity index is 466. The molecule has 0 aliphatic carbocycles. The van der Waals surface area contributed by atoms with Crippen LogP contribution in [0.15, 0.2) is 16.3 Å². The number of hydrogen-bond acceptors (Lipinski definition) is 4. The molecule has 104 valence electrons. The van der Waals surface area contributed by atoms with Gasteiger partial charge in [0.1, 0.15) is 4.21 Å². The third-order valence-corrected chi connectivity index (χ3v) is 6.47. The third kappa shape index (κ3) is 3.54. The molecule has 1 rings (SSSR count). The molecule has 1 heterocycles. The summed E-state index contributed by atoms with van der Waals surface area (Å²) in [7, 11) is -1.43. The van der Waals surface area contributed by atoms with E-state index in [0.29, 0.717) is 10.8 Å². The van der Waals surface area contributed by atoms with Gasteiger partial charge in [0, 0.05) is 17.5 Å². The number of nitrogens with one attached hydrogen (secondary N) is 1. The first-order valence-corrected chi connectivity index (χ1v) is 8.44.